The van der Waals surface area contributed by atoms with Gasteiger partial charge in [0.05, 0.1) is 11.2 Å². The van der Waals surface area contributed by atoms with Crippen LogP contribution in [0.2, 0.25) is 5.02 Å². The molecule has 3 heterocycles. The van der Waals surface area contributed by atoms with Gasteiger partial charge < -0.3 is 14.8 Å². The van der Waals surface area contributed by atoms with Crippen molar-refractivity contribution in [3.05, 3.63) is 59.2 Å². The summed E-state index contributed by atoms with van der Waals surface area (Å²) in [6.07, 6.45) is 2.33. The molecule has 2 aliphatic heterocycles. The Morgan fingerprint density at radius 3 is 2.96 bits per heavy atom. The highest BCUT2D eigenvalue weighted by Gasteiger charge is 2.21. The molecule has 3 aromatic rings. The summed E-state index contributed by atoms with van der Waals surface area (Å²) in [5.74, 6) is 1.64. The molecule has 1 saturated heterocycles. The molecule has 0 amide bonds. The molecule has 1 atom stereocenters. The van der Waals surface area contributed by atoms with Crippen LogP contribution < -0.4 is 14.8 Å². The van der Waals surface area contributed by atoms with E-state index >= 15 is 0 Å². The summed E-state index contributed by atoms with van der Waals surface area (Å²) < 4.78 is 10.9. The maximum atomic E-state index is 6.07. The first-order valence-corrected chi connectivity index (χ1v) is 10.0. The number of hydrogen-bond acceptors (Lipinski definition) is 5. The van der Waals surface area contributed by atoms with Gasteiger partial charge in [-0.1, -0.05) is 17.7 Å². The third kappa shape index (κ3) is 3.73. The summed E-state index contributed by atoms with van der Waals surface area (Å²) in [5.41, 5.74) is 3.17. The third-order valence-corrected chi connectivity index (χ3v) is 5.58. The van der Waals surface area contributed by atoms with Gasteiger partial charge >= 0.3 is 0 Å². The van der Waals surface area contributed by atoms with Crippen LogP contribution >= 0.6 is 11.6 Å². The lowest BCUT2D eigenvalue weighted by Crippen LogP contribution is -2.41. The second-order valence-electron chi connectivity index (χ2n) is 7.43. The minimum absolute atomic E-state index is 0.307. The fraction of sp³-hybridized carbons (Fsp3) is 0.318. The summed E-state index contributed by atoms with van der Waals surface area (Å²) in [5, 5.41) is 5.48. The average Bonchev–Trinajstić information content (AvgIpc) is 3.16. The Morgan fingerprint density at radius 2 is 2.00 bits per heavy atom. The Bertz CT molecular complexity index is 1010. The van der Waals surface area contributed by atoms with Crippen molar-refractivity contribution in [1.29, 1.82) is 0 Å². The number of nitrogens with zero attached hydrogens (tertiary/aromatic N) is 2. The molecular formula is C22H22ClN3O2. The smallest absolute Gasteiger partial charge is 0.231 e. The molecule has 1 N–H and O–H groups in total. The van der Waals surface area contributed by atoms with Crippen LogP contribution in [-0.4, -0.2) is 35.8 Å². The Hall–Kier alpha value is -2.50. The van der Waals surface area contributed by atoms with E-state index in [1.165, 1.54) is 6.42 Å². The van der Waals surface area contributed by atoms with E-state index in [1.807, 2.05) is 30.3 Å². The molecule has 1 unspecified atom stereocenters. The molecule has 0 saturated carbocycles. The summed E-state index contributed by atoms with van der Waals surface area (Å²) in [6.45, 7) is 3.26. The zero-order chi connectivity index (χ0) is 18.9. The number of halogens is 1. The standard InChI is InChI=1S/C22H22ClN3O2/c23-16-4-7-20-15(10-16)3-5-19(25-20)13-26-9-1-2-18(12-26)24-17-6-8-21-22(11-17)28-14-27-21/h3-8,10-11,18,24H,1-2,9,12-14H2. The van der Waals surface area contributed by atoms with Gasteiger partial charge in [-0.05, 0) is 55.8 Å². The van der Waals surface area contributed by atoms with Crippen LogP contribution in [0.3, 0.4) is 0 Å². The van der Waals surface area contributed by atoms with Crippen LogP contribution in [0.25, 0.3) is 10.9 Å². The zero-order valence-corrected chi connectivity index (χ0v) is 16.3. The van der Waals surface area contributed by atoms with E-state index in [0.717, 1.165) is 64.9 Å². The Kier molecular flexibility index (Phi) is 4.71. The van der Waals surface area contributed by atoms with Gasteiger partial charge in [0.1, 0.15) is 0 Å². The maximum Gasteiger partial charge on any atom is 0.231 e. The average molecular weight is 396 g/mol. The van der Waals surface area contributed by atoms with E-state index < -0.39 is 0 Å². The van der Waals surface area contributed by atoms with E-state index in [-0.39, 0.29) is 0 Å². The molecule has 28 heavy (non-hydrogen) atoms. The van der Waals surface area contributed by atoms with E-state index in [0.29, 0.717) is 12.8 Å². The lowest BCUT2D eigenvalue weighted by Gasteiger charge is -2.33. The van der Waals surface area contributed by atoms with Crippen molar-refractivity contribution in [2.45, 2.75) is 25.4 Å². The third-order valence-electron chi connectivity index (χ3n) is 5.34. The first-order valence-electron chi connectivity index (χ1n) is 9.67. The second-order valence-corrected chi connectivity index (χ2v) is 7.86. The number of piperidine rings is 1. The van der Waals surface area contributed by atoms with Crippen molar-refractivity contribution in [2.24, 2.45) is 0 Å². The molecule has 2 aromatic carbocycles. The van der Waals surface area contributed by atoms with Crippen LogP contribution in [-0.2, 0) is 6.54 Å². The van der Waals surface area contributed by atoms with Gasteiger partial charge in [0.25, 0.3) is 0 Å². The number of rotatable bonds is 4. The van der Waals surface area contributed by atoms with Crippen molar-refractivity contribution in [1.82, 2.24) is 9.88 Å². The highest BCUT2D eigenvalue weighted by Crippen LogP contribution is 2.34. The normalized spacial score (nSPS) is 19.1. The molecule has 2 aliphatic rings. The number of likely N-dealkylation sites (tertiary alicyclic amines) is 1. The summed E-state index contributed by atoms with van der Waals surface area (Å²) in [6, 6.07) is 16.5. The minimum atomic E-state index is 0.307. The number of aromatic nitrogens is 1. The van der Waals surface area contributed by atoms with Gasteiger partial charge in [-0.25, -0.2) is 0 Å². The fourth-order valence-corrected chi connectivity index (χ4v) is 4.18. The topological polar surface area (TPSA) is 46.6 Å². The van der Waals surface area contributed by atoms with Gasteiger partial charge in [-0.3, -0.25) is 9.88 Å². The maximum absolute atomic E-state index is 6.07. The van der Waals surface area contributed by atoms with Crippen molar-refractivity contribution in [2.75, 3.05) is 25.2 Å². The lowest BCUT2D eigenvalue weighted by molar-refractivity contribution is 0.174. The Labute approximate surface area is 169 Å². The number of nitrogens with one attached hydrogen (secondary N) is 1. The first kappa shape index (κ1) is 17.6. The van der Waals surface area contributed by atoms with Crippen molar-refractivity contribution >= 4 is 28.2 Å². The lowest BCUT2D eigenvalue weighted by atomic mass is 10.0. The van der Waals surface area contributed by atoms with E-state index in [9.17, 15) is 0 Å². The zero-order valence-electron chi connectivity index (χ0n) is 15.5. The van der Waals surface area contributed by atoms with Crippen molar-refractivity contribution in [3.8, 4) is 11.5 Å². The molecule has 144 valence electrons. The van der Waals surface area contributed by atoms with Crippen molar-refractivity contribution < 1.29 is 9.47 Å². The predicted molar refractivity (Wildman–Crippen MR) is 111 cm³/mol. The molecule has 6 heteroatoms. The fourth-order valence-electron chi connectivity index (χ4n) is 3.99. The van der Waals surface area contributed by atoms with E-state index in [4.69, 9.17) is 26.1 Å². The van der Waals surface area contributed by atoms with Gasteiger partial charge in [-0.15, -0.1) is 0 Å². The molecule has 0 bridgehead atoms. The summed E-state index contributed by atoms with van der Waals surface area (Å²) in [4.78, 5) is 7.28. The van der Waals surface area contributed by atoms with Crippen LogP contribution in [0.15, 0.2) is 48.5 Å². The van der Waals surface area contributed by atoms with Crippen molar-refractivity contribution in [3.63, 3.8) is 0 Å². The van der Waals surface area contributed by atoms with Gasteiger partial charge in [-0.2, -0.15) is 0 Å². The molecule has 1 fully saturated rings. The van der Waals surface area contributed by atoms with Crippen LogP contribution in [0.1, 0.15) is 18.5 Å². The predicted octanol–water partition coefficient (Wildman–Crippen LogP) is 4.69. The van der Waals surface area contributed by atoms with Crippen LogP contribution in [0, 0.1) is 0 Å². The minimum Gasteiger partial charge on any atom is -0.454 e. The molecule has 0 spiro atoms. The summed E-state index contributed by atoms with van der Waals surface area (Å²) in [7, 11) is 0. The quantitative estimate of drug-likeness (QED) is 0.694. The van der Waals surface area contributed by atoms with Crippen LogP contribution in [0.4, 0.5) is 5.69 Å². The number of benzene rings is 2. The number of hydrogen-bond donors (Lipinski definition) is 1. The molecular weight excluding hydrogens is 374 g/mol. The SMILES string of the molecule is Clc1ccc2nc(CN3CCCC(Nc4ccc5c(c4)OCO5)C3)ccc2c1. The number of pyridine rings is 1. The highest BCUT2D eigenvalue weighted by atomic mass is 35.5. The Balaban J connectivity index is 1.25. The van der Waals surface area contributed by atoms with Gasteiger partial charge in [0.15, 0.2) is 11.5 Å². The molecule has 0 aliphatic carbocycles. The Morgan fingerprint density at radius 1 is 1.07 bits per heavy atom. The first-order chi connectivity index (χ1) is 13.7. The van der Waals surface area contributed by atoms with Crippen LogP contribution in [0.5, 0.6) is 11.5 Å². The monoisotopic (exact) mass is 395 g/mol. The second kappa shape index (κ2) is 7.49. The van der Waals surface area contributed by atoms with E-state index in [2.05, 4.69) is 28.4 Å². The number of anilines is 1. The molecule has 5 nitrogen and oxygen atoms in total. The molecule has 5 rings (SSSR count). The van der Waals surface area contributed by atoms with Gasteiger partial charge in [0, 0.05) is 41.3 Å². The van der Waals surface area contributed by atoms with E-state index in [1.54, 1.807) is 0 Å². The molecule has 1 aromatic heterocycles. The largest absolute Gasteiger partial charge is 0.454 e. The molecule has 0 radical (unpaired) electrons. The summed E-state index contributed by atoms with van der Waals surface area (Å²) >= 11 is 6.07. The number of fused-ring (bicyclic) bond motifs is 2. The van der Waals surface area contributed by atoms with Gasteiger partial charge in [0.2, 0.25) is 6.79 Å². The number of ether oxygens (including phenoxy) is 2. The highest BCUT2D eigenvalue weighted by molar-refractivity contribution is 6.31.